The largest absolute Gasteiger partial charge is 0.478 e. The van der Waals surface area contributed by atoms with Crippen molar-refractivity contribution >= 4 is 16.0 Å². The molecule has 0 aliphatic heterocycles. The normalized spacial score (nSPS) is 22.9. The van der Waals surface area contributed by atoms with E-state index >= 15 is 0 Å². The van der Waals surface area contributed by atoms with Crippen LogP contribution in [0.4, 0.5) is 0 Å². The molecule has 2 rings (SSSR count). The van der Waals surface area contributed by atoms with Crippen LogP contribution in [0.25, 0.3) is 0 Å². The summed E-state index contributed by atoms with van der Waals surface area (Å²) in [5, 5.41) is 18.7. The molecule has 21 heavy (non-hydrogen) atoms. The smallest absolute Gasteiger partial charge is 0.335 e. The molecule has 2 atom stereocenters. The summed E-state index contributed by atoms with van der Waals surface area (Å²) in [4.78, 5) is 10.8. The molecule has 0 heterocycles. The highest BCUT2D eigenvalue weighted by Gasteiger charge is 2.25. The summed E-state index contributed by atoms with van der Waals surface area (Å²) in [6.45, 7) is 0.167. The predicted octanol–water partition coefficient (Wildman–Crippen LogP) is 1.21. The third-order valence-electron chi connectivity index (χ3n) is 3.80. The van der Waals surface area contributed by atoms with E-state index in [0.29, 0.717) is 6.42 Å². The molecule has 0 saturated heterocycles. The lowest BCUT2D eigenvalue weighted by Crippen LogP contribution is -2.36. The van der Waals surface area contributed by atoms with Crippen LogP contribution in [0, 0.1) is 5.92 Å². The number of aliphatic hydroxyl groups is 1. The lowest BCUT2D eigenvalue weighted by atomic mass is 9.87. The van der Waals surface area contributed by atoms with Crippen LogP contribution >= 0.6 is 0 Å². The summed E-state index contributed by atoms with van der Waals surface area (Å²) in [6.07, 6.45) is 2.95. The van der Waals surface area contributed by atoms with Crippen molar-refractivity contribution in [2.45, 2.75) is 36.7 Å². The molecule has 0 aromatic heterocycles. The summed E-state index contributed by atoms with van der Waals surface area (Å²) in [6, 6.07) is 5.22. The molecule has 1 aromatic rings. The number of hydrogen-bond acceptors (Lipinski definition) is 4. The third kappa shape index (κ3) is 4.03. The van der Waals surface area contributed by atoms with Crippen molar-refractivity contribution in [3.8, 4) is 0 Å². The number of aromatic carboxylic acids is 1. The fraction of sp³-hybridized carbons (Fsp3) is 0.500. The van der Waals surface area contributed by atoms with Crippen molar-refractivity contribution in [3.63, 3.8) is 0 Å². The van der Waals surface area contributed by atoms with Crippen LogP contribution in [0.15, 0.2) is 29.2 Å². The molecule has 1 aliphatic carbocycles. The lowest BCUT2D eigenvalue weighted by Gasteiger charge is -2.27. The molecule has 2 unspecified atom stereocenters. The van der Waals surface area contributed by atoms with Gasteiger partial charge in [-0.25, -0.2) is 17.9 Å². The first kappa shape index (κ1) is 15.9. The number of carboxylic acid groups (broad SMARTS) is 1. The number of carboxylic acids is 1. The number of hydrogen-bond donors (Lipinski definition) is 3. The number of benzene rings is 1. The molecule has 0 amide bonds. The monoisotopic (exact) mass is 313 g/mol. The molecule has 6 nitrogen and oxygen atoms in total. The Labute approximate surface area is 123 Å². The van der Waals surface area contributed by atoms with Gasteiger partial charge in [0.15, 0.2) is 0 Å². The van der Waals surface area contributed by atoms with Crippen LogP contribution in [-0.4, -0.2) is 37.2 Å². The Kier molecular flexibility index (Phi) is 4.97. The van der Waals surface area contributed by atoms with Gasteiger partial charge < -0.3 is 10.2 Å². The molecular weight excluding hydrogens is 294 g/mol. The van der Waals surface area contributed by atoms with Crippen molar-refractivity contribution in [3.05, 3.63) is 29.8 Å². The second-order valence-corrected chi connectivity index (χ2v) is 7.06. The van der Waals surface area contributed by atoms with Gasteiger partial charge in [-0.05, 0) is 37.0 Å². The van der Waals surface area contributed by atoms with Crippen LogP contribution in [-0.2, 0) is 10.0 Å². The highest BCUT2D eigenvalue weighted by molar-refractivity contribution is 7.89. The molecule has 7 heteroatoms. The van der Waals surface area contributed by atoms with Gasteiger partial charge in [0, 0.05) is 6.54 Å². The van der Waals surface area contributed by atoms with Crippen LogP contribution in [0.3, 0.4) is 0 Å². The minimum absolute atomic E-state index is 0.0735. The molecule has 1 aliphatic rings. The second-order valence-electron chi connectivity index (χ2n) is 5.30. The fourth-order valence-corrected chi connectivity index (χ4v) is 3.66. The Hall–Kier alpha value is -1.44. The van der Waals surface area contributed by atoms with E-state index in [1.54, 1.807) is 0 Å². The van der Waals surface area contributed by atoms with Crippen molar-refractivity contribution in [1.29, 1.82) is 0 Å². The number of rotatable bonds is 5. The SMILES string of the molecule is O=C(O)c1cccc(S(=O)(=O)NCC2CCCCC2O)c1. The number of sulfonamides is 1. The first-order chi connectivity index (χ1) is 9.90. The van der Waals surface area contributed by atoms with Crippen LogP contribution in [0.2, 0.25) is 0 Å². The molecule has 1 fully saturated rings. The van der Waals surface area contributed by atoms with Gasteiger partial charge in [0.2, 0.25) is 10.0 Å². The van der Waals surface area contributed by atoms with Crippen LogP contribution < -0.4 is 4.72 Å². The quantitative estimate of drug-likeness (QED) is 0.758. The van der Waals surface area contributed by atoms with E-state index in [4.69, 9.17) is 5.11 Å². The highest BCUT2D eigenvalue weighted by atomic mass is 32.2. The minimum atomic E-state index is -3.76. The van der Waals surface area contributed by atoms with Crippen molar-refractivity contribution in [2.75, 3.05) is 6.54 Å². The molecular formula is C14H19NO5S. The van der Waals surface area contributed by atoms with Gasteiger partial charge in [-0.15, -0.1) is 0 Å². The molecule has 0 radical (unpaired) electrons. The van der Waals surface area contributed by atoms with Crippen molar-refractivity contribution in [1.82, 2.24) is 4.72 Å². The highest BCUT2D eigenvalue weighted by Crippen LogP contribution is 2.24. The van der Waals surface area contributed by atoms with Crippen LogP contribution in [0.1, 0.15) is 36.0 Å². The van der Waals surface area contributed by atoms with E-state index in [0.717, 1.165) is 25.3 Å². The Morgan fingerprint density at radius 3 is 2.67 bits per heavy atom. The maximum Gasteiger partial charge on any atom is 0.335 e. The predicted molar refractivity (Wildman–Crippen MR) is 76.6 cm³/mol. The lowest BCUT2D eigenvalue weighted by molar-refractivity contribution is 0.0696. The van der Waals surface area contributed by atoms with Gasteiger partial charge in [0.1, 0.15) is 0 Å². The number of nitrogens with one attached hydrogen (secondary N) is 1. The van der Waals surface area contributed by atoms with E-state index in [2.05, 4.69) is 4.72 Å². The van der Waals surface area contributed by atoms with Gasteiger partial charge >= 0.3 is 5.97 Å². The van der Waals surface area contributed by atoms with Crippen LogP contribution in [0.5, 0.6) is 0 Å². The van der Waals surface area contributed by atoms with Gasteiger partial charge in [-0.2, -0.15) is 0 Å². The summed E-state index contributed by atoms with van der Waals surface area (Å²) >= 11 is 0. The standard InChI is InChI=1S/C14H19NO5S/c16-13-7-2-1-4-11(13)9-15-21(19,20)12-6-3-5-10(8-12)14(17)18/h3,5-6,8,11,13,15-16H,1-2,4,7,9H2,(H,17,18). The summed E-state index contributed by atoms with van der Waals surface area (Å²) < 4.78 is 26.8. The van der Waals surface area contributed by atoms with Crippen molar-refractivity contribution in [2.24, 2.45) is 5.92 Å². The Balaban J connectivity index is 2.07. The zero-order valence-electron chi connectivity index (χ0n) is 11.5. The van der Waals surface area contributed by atoms with E-state index in [1.165, 1.54) is 18.2 Å². The molecule has 1 saturated carbocycles. The number of carbonyl (C=O) groups is 1. The van der Waals surface area contributed by atoms with E-state index in [9.17, 15) is 18.3 Å². The maximum atomic E-state index is 12.2. The molecule has 1 aromatic carbocycles. The van der Waals surface area contributed by atoms with Gasteiger partial charge in [-0.1, -0.05) is 18.9 Å². The molecule has 3 N–H and O–H groups in total. The zero-order valence-corrected chi connectivity index (χ0v) is 12.3. The average molecular weight is 313 g/mol. The van der Waals surface area contributed by atoms with E-state index < -0.39 is 22.1 Å². The van der Waals surface area contributed by atoms with E-state index in [-0.39, 0.29) is 22.9 Å². The zero-order chi connectivity index (χ0) is 15.5. The molecule has 0 bridgehead atoms. The van der Waals surface area contributed by atoms with E-state index in [1.807, 2.05) is 0 Å². The minimum Gasteiger partial charge on any atom is -0.478 e. The summed E-state index contributed by atoms with van der Waals surface area (Å²) in [7, 11) is -3.76. The third-order valence-corrected chi connectivity index (χ3v) is 5.22. The van der Waals surface area contributed by atoms with Gasteiger partial charge in [-0.3, -0.25) is 0 Å². The maximum absolute atomic E-state index is 12.2. The first-order valence-electron chi connectivity index (χ1n) is 6.91. The first-order valence-corrected chi connectivity index (χ1v) is 8.39. The molecule has 0 spiro atoms. The Morgan fingerprint density at radius 1 is 1.29 bits per heavy atom. The average Bonchev–Trinajstić information content (AvgIpc) is 2.46. The molecule has 116 valence electrons. The van der Waals surface area contributed by atoms with Gasteiger partial charge in [0.05, 0.1) is 16.6 Å². The Bertz CT molecular complexity index is 614. The summed E-state index contributed by atoms with van der Waals surface area (Å²) in [5.74, 6) is -1.26. The fourth-order valence-electron chi connectivity index (χ4n) is 2.52. The van der Waals surface area contributed by atoms with Crippen molar-refractivity contribution < 1.29 is 23.4 Å². The number of aliphatic hydroxyl groups excluding tert-OH is 1. The second kappa shape index (κ2) is 6.55. The topological polar surface area (TPSA) is 104 Å². The summed E-state index contributed by atoms with van der Waals surface area (Å²) in [5.41, 5.74) is -0.0735. The van der Waals surface area contributed by atoms with Gasteiger partial charge in [0.25, 0.3) is 0 Å². The Morgan fingerprint density at radius 2 is 2.00 bits per heavy atom.